The summed E-state index contributed by atoms with van der Waals surface area (Å²) >= 11 is 0. The maximum absolute atomic E-state index is 9.05. The van der Waals surface area contributed by atoms with Crippen molar-refractivity contribution in [3.8, 4) is 11.1 Å². The molecule has 0 aliphatic carbocycles. The Morgan fingerprint density at radius 2 is 1.40 bits per heavy atom. The second kappa shape index (κ2) is 6.34. The van der Waals surface area contributed by atoms with Crippen LogP contribution in [0.1, 0.15) is 0 Å². The fourth-order valence-electron chi connectivity index (χ4n) is 1.49. The van der Waals surface area contributed by atoms with Gasteiger partial charge in [0.25, 0.3) is 0 Å². The fraction of sp³-hybridized carbons (Fsp3) is 0. The van der Waals surface area contributed by atoms with Crippen molar-refractivity contribution in [2.75, 3.05) is 0 Å². The van der Waals surface area contributed by atoms with Gasteiger partial charge in [-0.1, -0.05) is 54.6 Å². The molecule has 0 heterocycles. The fourth-order valence-corrected chi connectivity index (χ4v) is 1.49. The van der Waals surface area contributed by atoms with Gasteiger partial charge in [0.15, 0.2) is 0 Å². The molecule has 2 rings (SSSR count). The molecule has 2 aromatic rings. The molecule has 0 bridgehead atoms. The van der Waals surface area contributed by atoms with Crippen LogP contribution in [0, 0.1) is 37.7 Å². The summed E-state index contributed by atoms with van der Waals surface area (Å²) in [4.78, 5) is 0. The molecular formula is C12H10BHoO. The SMILES string of the molecule is O[B]c1ccccc1-c1ccccc1.[Ho]. The standard InChI is InChI=1S/C12H10BO.Ho/c14-13-12-9-5-4-8-11(12)10-6-2-1-3-7-10;/h1-9,14H;. The summed E-state index contributed by atoms with van der Waals surface area (Å²) in [6.07, 6.45) is 0. The van der Waals surface area contributed by atoms with Gasteiger partial charge in [0.1, 0.15) is 0 Å². The third-order valence-electron chi connectivity index (χ3n) is 2.18. The normalized spacial score (nSPS) is 9.13. The van der Waals surface area contributed by atoms with Crippen molar-refractivity contribution in [3.05, 3.63) is 54.6 Å². The number of hydrogen-bond acceptors (Lipinski definition) is 1. The van der Waals surface area contributed by atoms with Gasteiger partial charge in [0.05, 0.1) is 0 Å². The van der Waals surface area contributed by atoms with Crippen LogP contribution >= 0.6 is 0 Å². The molecule has 0 saturated heterocycles. The Labute approximate surface area is 120 Å². The van der Waals surface area contributed by atoms with E-state index >= 15 is 0 Å². The molecule has 2 aromatic carbocycles. The predicted molar refractivity (Wildman–Crippen MR) is 59.5 cm³/mol. The summed E-state index contributed by atoms with van der Waals surface area (Å²) in [6.45, 7) is 0. The zero-order valence-corrected chi connectivity index (χ0v) is 9.96. The molecule has 0 aliphatic heterocycles. The monoisotopic (exact) mass is 346 g/mol. The zero-order valence-electron chi connectivity index (χ0n) is 8.02. The predicted octanol–water partition coefficient (Wildman–Crippen LogP) is 1.59. The van der Waals surface area contributed by atoms with Gasteiger partial charge < -0.3 is 5.02 Å². The Morgan fingerprint density at radius 3 is 2.07 bits per heavy atom. The molecule has 0 fully saturated rings. The topological polar surface area (TPSA) is 20.2 Å². The Hall–Kier alpha value is -0.275. The van der Waals surface area contributed by atoms with Crippen LogP contribution in [0.4, 0.5) is 0 Å². The molecule has 0 aromatic heterocycles. The van der Waals surface area contributed by atoms with Gasteiger partial charge in [0, 0.05) is 37.7 Å². The second-order valence-electron chi connectivity index (χ2n) is 3.08. The maximum atomic E-state index is 9.05. The molecule has 78 valence electrons. The molecular weight excluding hydrogens is 336 g/mol. The summed E-state index contributed by atoms with van der Waals surface area (Å²) in [7, 11) is 1.14. The van der Waals surface area contributed by atoms with Gasteiger partial charge in [-0.25, -0.2) is 0 Å². The number of rotatable bonds is 2. The first kappa shape index (κ1) is 12.8. The molecule has 0 atom stereocenters. The van der Waals surface area contributed by atoms with E-state index in [0.29, 0.717) is 0 Å². The zero-order chi connectivity index (χ0) is 9.80. The molecule has 0 amide bonds. The average Bonchev–Trinajstić information content (AvgIpc) is 2.30. The smallest absolute Gasteiger partial charge is 0.327 e. The first-order valence-electron chi connectivity index (χ1n) is 4.53. The molecule has 0 saturated carbocycles. The quantitative estimate of drug-likeness (QED) is 0.820. The summed E-state index contributed by atoms with van der Waals surface area (Å²) < 4.78 is 0. The van der Waals surface area contributed by atoms with Crippen LogP contribution < -0.4 is 5.46 Å². The van der Waals surface area contributed by atoms with E-state index in [1.807, 2.05) is 54.6 Å². The van der Waals surface area contributed by atoms with Crippen LogP contribution in [-0.2, 0) is 0 Å². The summed E-state index contributed by atoms with van der Waals surface area (Å²) in [5, 5.41) is 9.05. The van der Waals surface area contributed by atoms with Crippen molar-refractivity contribution in [2.45, 2.75) is 0 Å². The molecule has 1 N–H and O–H groups in total. The van der Waals surface area contributed by atoms with Gasteiger partial charge in [-0.3, -0.25) is 0 Å². The minimum atomic E-state index is 0. The Balaban J connectivity index is 0.00000112. The summed E-state index contributed by atoms with van der Waals surface area (Å²) in [5.41, 5.74) is 3.02. The first-order chi connectivity index (χ1) is 6.92. The minimum Gasteiger partial charge on any atom is -0.450 e. The van der Waals surface area contributed by atoms with Crippen LogP contribution in [0.15, 0.2) is 54.6 Å². The van der Waals surface area contributed by atoms with E-state index < -0.39 is 0 Å². The van der Waals surface area contributed by atoms with Crippen molar-refractivity contribution >= 4 is 12.9 Å². The van der Waals surface area contributed by atoms with Crippen molar-refractivity contribution in [3.63, 3.8) is 0 Å². The molecule has 2 radical (unpaired) electrons. The van der Waals surface area contributed by atoms with Crippen LogP contribution in [0.25, 0.3) is 11.1 Å². The van der Waals surface area contributed by atoms with E-state index in [-0.39, 0.29) is 37.7 Å². The number of benzene rings is 2. The summed E-state index contributed by atoms with van der Waals surface area (Å²) in [6, 6.07) is 17.8. The van der Waals surface area contributed by atoms with E-state index in [1.165, 1.54) is 0 Å². The first-order valence-corrected chi connectivity index (χ1v) is 4.53. The number of hydrogen-bond donors (Lipinski definition) is 1. The van der Waals surface area contributed by atoms with Crippen LogP contribution in [0.2, 0.25) is 0 Å². The molecule has 0 aliphatic rings. The molecule has 0 spiro atoms. The van der Waals surface area contributed by atoms with E-state index in [9.17, 15) is 0 Å². The van der Waals surface area contributed by atoms with E-state index in [2.05, 4.69) is 0 Å². The molecule has 0 unspecified atom stereocenters. The Morgan fingerprint density at radius 1 is 0.800 bits per heavy atom. The van der Waals surface area contributed by atoms with Crippen LogP contribution in [0.3, 0.4) is 0 Å². The average molecular weight is 346 g/mol. The summed E-state index contributed by atoms with van der Waals surface area (Å²) in [5.74, 6) is 0. The second-order valence-corrected chi connectivity index (χ2v) is 3.08. The molecule has 15 heavy (non-hydrogen) atoms. The van der Waals surface area contributed by atoms with Crippen molar-refractivity contribution in [1.29, 1.82) is 0 Å². The third-order valence-corrected chi connectivity index (χ3v) is 2.18. The van der Waals surface area contributed by atoms with Crippen molar-refractivity contribution in [2.24, 2.45) is 0 Å². The van der Waals surface area contributed by atoms with E-state index in [4.69, 9.17) is 5.02 Å². The van der Waals surface area contributed by atoms with Gasteiger partial charge in [-0.05, 0) is 16.6 Å². The third kappa shape index (κ3) is 3.09. The van der Waals surface area contributed by atoms with Gasteiger partial charge in [-0.15, -0.1) is 0 Å². The van der Waals surface area contributed by atoms with E-state index in [1.54, 1.807) is 0 Å². The Kier molecular flexibility index (Phi) is 5.41. The van der Waals surface area contributed by atoms with Crippen LogP contribution in [0.5, 0.6) is 0 Å². The van der Waals surface area contributed by atoms with Crippen LogP contribution in [-0.4, -0.2) is 12.5 Å². The molecule has 1 nitrogen and oxygen atoms in total. The van der Waals surface area contributed by atoms with Gasteiger partial charge >= 0.3 is 7.48 Å². The maximum Gasteiger partial charge on any atom is 0.327 e. The van der Waals surface area contributed by atoms with E-state index in [0.717, 1.165) is 24.1 Å². The molecule has 3 heteroatoms. The Bertz CT molecular complexity index is 417. The van der Waals surface area contributed by atoms with Crippen molar-refractivity contribution < 1.29 is 42.8 Å². The largest absolute Gasteiger partial charge is 0.450 e. The van der Waals surface area contributed by atoms with Gasteiger partial charge in [-0.2, -0.15) is 0 Å². The van der Waals surface area contributed by atoms with Gasteiger partial charge in [0.2, 0.25) is 0 Å². The minimum absolute atomic E-state index is 0. The van der Waals surface area contributed by atoms with Crippen molar-refractivity contribution in [1.82, 2.24) is 0 Å².